The van der Waals surface area contributed by atoms with Gasteiger partial charge in [-0.25, -0.2) is 4.98 Å². The lowest BCUT2D eigenvalue weighted by Gasteiger charge is -2.20. The SMILES string of the molecule is Cc1cc(C)n(CCN(C(=O)CCCSc2ccc(Cl)cc2)c2nc3c(C)c(Cl)ccc3s2)n1. The van der Waals surface area contributed by atoms with Crippen LogP contribution in [0, 0.1) is 20.8 Å². The van der Waals surface area contributed by atoms with Gasteiger partial charge in [0, 0.05) is 33.6 Å². The number of benzene rings is 2. The number of fused-ring (bicyclic) bond motifs is 1. The number of hydrogen-bond acceptors (Lipinski definition) is 5. The van der Waals surface area contributed by atoms with Crippen LogP contribution in [0.2, 0.25) is 10.0 Å². The molecule has 0 saturated heterocycles. The number of hydrogen-bond donors (Lipinski definition) is 0. The summed E-state index contributed by atoms with van der Waals surface area (Å²) in [6, 6.07) is 13.7. The molecule has 0 atom stereocenters. The minimum absolute atomic E-state index is 0.0704. The number of rotatable bonds is 9. The number of carbonyl (C=O) groups excluding carboxylic acids is 1. The fraction of sp³-hybridized carbons (Fsp3) is 0.320. The molecule has 0 bridgehead atoms. The van der Waals surface area contributed by atoms with Gasteiger partial charge in [0.2, 0.25) is 5.91 Å². The van der Waals surface area contributed by atoms with E-state index in [0.717, 1.165) is 49.3 Å². The third kappa shape index (κ3) is 5.95. The number of anilines is 1. The van der Waals surface area contributed by atoms with Crippen molar-refractivity contribution >= 4 is 67.6 Å². The van der Waals surface area contributed by atoms with Crippen molar-refractivity contribution in [2.75, 3.05) is 17.2 Å². The van der Waals surface area contributed by atoms with Crippen molar-refractivity contribution in [2.24, 2.45) is 0 Å². The van der Waals surface area contributed by atoms with E-state index < -0.39 is 0 Å². The van der Waals surface area contributed by atoms with Gasteiger partial charge in [-0.2, -0.15) is 5.10 Å². The Hall–Kier alpha value is -2.06. The van der Waals surface area contributed by atoms with Crippen LogP contribution in [0.15, 0.2) is 47.4 Å². The summed E-state index contributed by atoms with van der Waals surface area (Å²) in [5.74, 6) is 0.925. The molecule has 2 heterocycles. The maximum atomic E-state index is 13.3. The third-order valence-corrected chi connectivity index (χ3v) is 8.33. The number of thiazole rings is 1. The summed E-state index contributed by atoms with van der Waals surface area (Å²) in [6.07, 6.45) is 1.23. The summed E-state index contributed by atoms with van der Waals surface area (Å²) in [7, 11) is 0. The van der Waals surface area contributed by atoms with E-state index in [2.05, 4.69) is 5.10 Å². The first kappa shape index (κ1) is 25.0. The molecule has 0 radical (unpaired) electrons. The number of aryl methyl sites for hydroxylation is 3. The normalized spacial score (nSPS) is 11.3. The van der Waals surface area contributed by atoms with Gasteiger partial charge in [0.1, 0.15) is 0 Å². The molecular formula is C25H26Cl2N4OS2. The molecule has 9 heteroatoms. The van der Waals surface area contributed by atoms with Gasteiger partial charge in [-0.1, -0.05) is 34.5 Å². The standard InChI is InChI=1S/C25H26Cl2N4OS2/c1-16-15-17(2)31(29-16)13-12-30(25-28-24-18(3)21(27)10-11-22(24)34-25)23(32)5-4-14-33-20-8-6-19(26)7-9-20/h6-11,15H,4-5,12-14H2,1-3H3. The minimum Gasteiger partial charge on any atom is -0.286 e. The average Bonchev–Trinajstić information content (AvgIpc) is 3.38. The summed E-state index contributed by atoms with van der Waals surface area (Å²) in [5.41, 5.74) is 3.85. The summed E-state index contributed by atoms with van der Waals surface area (Å²) < 4.78 is 2.97. The van der Waals surface area contributed by atoms with E-state index in [0.29, 0.717) is 29.7 Å². The highest BCUT2D eigenvalue weighted by molar-refractivity contribution is 7.99. The highest BCUT2D eigenvalue weighted by Gasteiger charge is 2.21. The Morgan fingerprint density at radius 2 is 1.88 bits per heavy atom. The molecule has 4 aromatic rings. The lowest BCUT2D eigenvalue weighted by atomic mass is 10.2. The quantitative estimate of drug-likeness (QED) is 0.167. The monoisotopic (exact) mass is 532 g/mol. The molecule has 0 N–H and O–H groups in total. The lowest BCUT2D eigenvalue weighted by Crippen LogP contribution is -2.34. The number of carbonyl (C=O) groups is 1. The number of aromatic nitrogens is 3. The Morgan fingerprint density at radius 3 is 2.59 bits per heavy atom. The van der Waals surface area contributed by atoms with Gasteiger partial charge < -0.3 is 0 Å². The molecule has 0 aliphatic rings. The first-order valence-corrected chi connectivity index (χ1v) is 13.6. The number of thioether (sulfide) groups is 1. The first-order valence-electron chi connectivity index (χ1n) is 11.1. The van der Waals surface area contributed by atoms with Crippen LogP contribution in [0.3, 0.4) is 0 Å². The molecular weight excluding hydrogens is 507 g/mol. The zero-order chi connectivity index (χ0) is 24.2. The molecule has 2 aromatic heterocycles. The fourth-order valence-corrected chi connectivity index (χ4v) is 5.91. The van der Waals surface area contributed by atoms with Crippen LogP contribution >= 0.6 is 46.3 Å². The average molecular weight is 534 g/mol. The molecule has 0 aliphatic carbocycles. The van der Waals surface area contributed by atoms with Crippen LogP contribution in [0.4, 0.5) is 5.13 Å². The van der Waals surface area contributed by atoms with Crippen LogP contribution in [0.1, 0.15) is 29.8 Å². The van der Waals surface area contributed by atoms with Gasteiger partial charge in [-0.15, -0.1) is 11.8 Å². The van der Waals surface area contributed by atoms with E-state index in [-0.39, 0.29) is 5.91 Å². The smallest absolute Gasteiger partial charge is 0.228 e. The fourth-order valence-electron chi connectivity index (χ4n) is 3.71. The van der Waals surface area contributed by atoms with E-state index >= 15 is 0 Å². The summed E-state index contributed by atoms with van der Waals surface area (Å²) in [6.45, 7) is 7.09. The van der Waals surface area contributed by atoms with Crippen LogP contribution in [-0.2, 0) is 11.3 Å². The van der Waals surface area contributed by atoms with E-state index in [1.165, 1.54) is 11.3 Å². The maximum absolute atomic E-state index is 13.3. The maximum Gasteiger partial charge on any atom is 0.228 e. The Kier molecular flexibility index (Phi) is 8.19. The van der Waals surface area contributed by atoms with Crippen molar-refractivity contribution in [3.05, 3.63) is 69.5 Å². The van der Waals surface area contributed by atoms with Gasteiger partial charge in [-0.3, -0.25) is 14.4 Å². The summed E-state index contributed by atoms with van der Waals surface area (Å²) >= 11 is 15.5. The highest BCUT2D eigenvalue weighted by Crippen LogP contribution is 2.34. The molecule has 178 valence electrons. The van der Waals surface area contributed by atoms with Crippen molar-refractivity contribution in [3.8, 4) is 0 Å². The van der Waals surface area contributed by atoms with Crippen LogP contribution in [0.5, 0.6) is 0 Å². The molecule has 0 saturated carbocycles. The third-order valence-electron chi connectivity index (χ3n) is 5.52. The predicted molar refractivity (Wildman–Crippen MR) is 145 cm³/mol. The predicted octanol–water partition coefficient (Wildman–Crippen LogP) is 7.33. The summed E-state index contributed by atoms with van der Waals surface area (Å²) in [4.78, 5) is 21.1. The molecule has 5 nitrogen and oxygen atoms in total. The number of nitrogens with zero attached hydrogens (tertiary/aromatic N) is 4. The Bertz CT molecular complexity index is 1300. The molecule has 0 fully saturated rings. The largest absolute Gasteiger partial charge is 0.286 e. The van der Waals surface area contributed by atoms with Crippen molar-refractivity contribution in [2.45, 2.75) is 45.1 Å². The van der Waals surface area contributed by atoms with Crippen LogP contribution < -0.4 is 4.90 Å². The zero-order valence-corrected chi connectivity index (χ0v) is 22.5. The van der Waals surface area contributed by atoms with E-state index in [4.69, 9.17) is 28.2 Å². The Balaban J connectivity index is 1.48. The van der Waals surface area contributed by atoms with Crippen molar-refractivity contribution < 1.29 is 4.79 Å². The molecule has 2 aromatic carbocycles. The molecule has 34 heavy (non-hydrogen) atoms. The van der Waals surface area contributed by atoms with Gasteiger partial charge in [0.05, 0.1) is 22.5 Å². The number of halogens is 2. The van der Waals surface area contributed by atoms with Crippen LogP contribution in [-0.4, -0.2) is 33.0 Å². The van der Waals surface area contributed by atoms with Crippen LogP contribution in [0.25, 0.3) is 10.2 Å². The Labute approximate surface area is 218 Å². The highest BCUT2D eigenvalue weighted by atomic mass is 35.5. The van der Waals surface area contributed by atoms with E-state index in [1.807, 2.05) is 67.9 Å². The molecule has 0 unspecified atom stereocenters. The molecule has 0 aliphatic heterocycles. The molecule has 4 rings (SSSR count). The first-order chi connectivity index (χ1) is 16.3. The second-order valence-corrected chi connectivity index (χ2v) is 11.1. The van der Waals surface area contributed by atoms with Crippen molar-refractivity contribution in [3.63, 3.8) is 0 Å². The zero-order valence-electron chi connectivity index (χ0n) is 19.3. The minimum atomic E-state index is 0.0704. The summed E-state index contributed by atoms with van der Waals surface area (Å²) in [5, 5.41) is 6.67. The molecule has 1 amide bonds. The molecule has 0 spiro atoms. The Morgan fingerprint density at radius 1 is 1.12 bits per heavy atom. The van der Waals surface area contributed by atoms with E-state index in [1.54, 1.807) is 16.7 Å². The van der Waals surface area contributed by atoms with Gasteiger partial charge >= 0.3 is 0 Å². The second kappa shape index (κ2) is 11.1. The van der Waals surface area contributed by atoms with Crippen molar-refractivity contribution in [1.29, 1.82) is 0 Å². The van der Waals surface area contributed by atoms with Gasteiger partial charge in [0.15, 0.2) is 5.13 Å². The van der Waals surface area contributed by atoms with Gasteiger partial charge in [-0.05, 0) is 81.0 Å². The lowest BCUT2D eigenvalue weighted by molar-refractivity contribution is -0.118. The topological polar surface area (TPSA) is 51.0 Å². The number of amides is 1. The van der Waals surface area contributed by atoms with Gasteiger partial charge in [0.25, 0.3) is 0 Å². The van der Waals surface area contributed by atoms with E-state index in [9.17, 15) is 4.79 Å². The second-order valence-electron chi connectivity index (χ2n) is 8.12. The van der Waals surface area contributed by atoms with Crippen molar-refractivity contribution in [1.82, 2.24) is 14.8 Å².